The van der Waals surface area contributed by atoms with Gasteiger partial charge in [0.25, 0.3) is 0 Å². The number of anilines is 3. The van der Waals surface area contributed by atoms with Gasteiger partial charge in [-0.05, 0) is 24.6 Å². The second-order valence-corrected chi connectivity index (χ2v) is 4.67. The number of rotatable bonds is 2. The van der Waals surface area contributed by atoms with Crippen molar-refractivity contribution >= 4 is 28.7 Å². The van der Waals surface area contributed by atoms with Gasteiger partial charge in [-0.15, -0.1) is 0 Å². The lowest BCUT2D eigenvalue weighted by molar-refractivity contribution is 0.382. The first-order valence-corrected chi connectivity index (χ1v) is 5.96. The van der Waals surface area contributed by atoms with E-state index in [0.29, 0.717) is 5.56 Å². The molecule has 0 aromatic heterocycles. The summed E-state index contributed by atoms with van der Waals surface area (Å²) < 4.78 is 66.3. The number of benzene rings is 2. The van der Waals surface area contributed by atoms with Crippen molar-refractivity contribution in [1.82, 2.24) is 0 Å². The molecule has 0 atom stereocenters. The van der Waals surface area contributed by atoms with E-state index in [-0.39, 0.29) is 16.4 Å². The normalized spacial score (nSPS) is 10.8. The maximum absolute atomic E-state index is 13.6. The van der Waals surface area contributed by atoms with Gasteiger partial charge in [-0.3, -0.25) is 0 Å². The summed E-state index contributed by atoms with van der Waals surface area (Å²) >= 11 is 5.76. The summed E-state index contributed by atoms with van der Waals surface area (Å²) in [5.41, 5.74) is 5.08. The molecule has 2 aromatic carbocycles. The van der Waals surface area contributed by atoms with E-state index in [1.54, 1.807) is 0 Å². The van der Waals surface area contributed by atoms with Gasteiger partial charge in [-0.25, -0.2) is 22.0 Å². The van der Waals surface area contributed by atoms with Gasteiger partial charge in [0, 0.05) is 5.69 Å². The molecule has 112 valence electrons. The highest BCUT2D eigenvalue weighted by Crippen LogP contribution is 2.33. The molecule has 8 heteroatoms. The molecule has 2 aromatic rings. The van der Waals surface area contributed by atoms with Crippen molar-refractivity contribution in [2.45, 2.75) is 6.92 Å². The third kappa shape index (κ3) is 2.61. The number of nitrogens with one attached hydrogen (secondary N) is 1. The molecule has 21 heavy (non-hydrogen) atoms. The number of halogens is 6. The Morgan fingerprint density at radius 1 is 0.905 bits per heavy atom. The van der Waals surface area contributed by atoms with Crippen molar-refractivity contribution in [3.63, 3.8) is 0 Å². The molecule has 2 nitrogen and oxygen atoms in total. The number of hydrogen-bond acceptors (Lipinski definition) is 2. The second kappa shape index (κ2) is 5.40. The third-order valence-electron chi connectivity index (χ3n) is 2.81. The van der Waals surface area contributed by atoms with Gasteiger partial charge in [0.1, 0.15) is 5.69 Å². The van der Waals surface area contributed by atoms with Crippen LogP contribution in [0.3, 0.4) is 0 Å². The average Bonchev–Trinajstić information content (AvgIpc) is 2.44. The molecule has 0 heterocycles. The van der Waals surface area contributed by atoms with Gasteiger partial charge >= 0.3 is 0 Å². The Balaban J connectivity index is 2.58. The Morgan fingerprint density at radius 3 is 1.90 bits per heavy atom. The predicted octanol–water partition coefficient (Wildman–Crippen LogP) is 4.67. The first-order valence-electron chi connectivity index (χ1n) is 5.58. The SMILES string of the molecule is Cc1cc(N)c(Cl)cc1Nc1c(F)c(F)c(F)c(F)c1F. The number of nitrogen functional groups attached to an aromatic ring is 1. The Kier molecular flexibility index (Phi) is 3.95. The van der Waals surface area contributed by atoms with Crippen LogP contribution in [0.25, 0.3) is 0 Å². The molecular weight excluding hydrogens is 315 g/mol. The molecule has 2 rings (SSSR count). The highest BCUT2D eigenvalue weighted by Gasteiger charge is 2.26. The molecule has 0 spiro atoms. The molecule has 0 amide bonds. The monoisotopic (exact) mass is 322 g/mol. The second-order valence-electron chi connectivity index (χ2n) is 4.26. The zero-order valence-corrected chi connectivity index (χ0v) is 11.3. The summed E-state index contributed by atoms with van der Waals surface area (Å²) in [5, 5.41) is 2.22. The lowest BCUT2D eigenvalue weighted by Gasteiger charge is -2.14. The van der Waals surface area contributed by atoms with Crippen LogP contribution in [0.4, 0.5) is 39.0 Å². The zero-order valence-electron chi connectivity index (χ0n) is 10.5. The van der Waals surface area contributed by atoms with Crippen molar-refractivity contribution in [3.8, 4) is 0 Å². The van der Waals surface area contributed by atoms with Crippen LogP contribution in [0, 0.1) is 36.0 Å². The quantitative estimate of drug-likeness (QED) is 0.365. The lowest BCUT2D eigenvalue weighted by atomic mass is 10.1. The van der Waals surface area contributed by atoms with Crippen molar-refractivity contribution in [2.75, 3.05) is 11.1 Å². The Morgan fingerprint density at radius 2 is 1.38 bits per heavy atom. The largest absolute Gasteiger partial charge is 0.398 e. The van der Waals surface area contributed by atoms with Gasteiger partial charge in [-0.2, -0.15) is 0 Å². The Bertz CT molecular complexity index is 704. The minimum Gasteiger partial charge on any atom is -0.398 e. The first kappa shape index (κ1) is 15.4. The van der Waals surface area contributed by atoms with Crippen LogP contribution in [0.2, 0.25) is 5.02 Å². The molecular formula is C13H8ClF5N2. The van der Waals surface area contributed by atoms with Gasteiger partial charge in [0.15, 0.2) is 23.3 Å². The van der Waals surface area contributed by atoms with Crippen LogP contribution in [-0.2, 0) is 0 Å². The van der Waals surface area contributed by atoms with Crippen molar-refractivity contribution < 1.29 is 22.0 Å². The molecule has 0 saturated carbocycles. The molecule has 3 N–H and O–H groups in total. The van der Waals surface area contributed by atoms with Gasteiger partial charge < -0.3 is 11.1 Å². The summed E-state index contributed by atoms with van der Waals surface area (Å²) in [4.78, 5) is 0. The molecule has 0 aliphatic rings. The van der Waals surface area contributed by atoms with Crippen LogP contribution < -0.4 is 11.1 Å². The van der Waals surface area contributed by atoms with Gasteiger partial charge in [0.2, 0.25) is 5.82 Å². The minimum atomic E-state index is -2.22. The standard InChI is InChI=1S/C13H8ClF5N2/c1-4-2-6(20)5(14)3-7(4)21-13-11(18)9(16)8(15)10(17)12(13)19/h2-3,21H,20H2,1H3. The van der Waals surface area contributed by atoms with Crippen molar-refractivity contribution in [2.24, 2.45) is 0 Å². The Hall–Kier alpha value is -2.02. The first-order chi connectivity index (χ1) is 9.73. The van der Waals surface area contributed by atoms with Crippen LogP contribution >= 0.6 is 11.6 Å². The molecule has 0 aliphatic carbocycles. The molecule has 0 unspecified atom stereocenters. The minimum absolute atomic E-state index is 0.0670. The zero-order chi connectivity index (χ0) is 15.9. The van der Waals surface area contributed by atoms with E-state index in [1.807, 2.05) is 0 Å². The lowest BCUT2D eigenvalue weighted by Crippen LogP contribution is -2.07. The molecule has 0 bridgehead atoms. The van der Waals surface area contributed by atoms with E-state index in [9.17, 15) is 22.0 Å². The smallest absolute Gasteiger partial charge is 0.200 e. The highest BCUT2D eigenvalue weighted by molar-refractivity contribution is 6.33. The van der Waals surface area contributed by atoms with E-state index < -0.39 is 34.8 Å². The number of hydrogen-bond donors (Lipinski definition) is 2. The van der Waals surface area contributed by atoms with Crippen LogP contribution in [0.5, 0.6) is 0 Å². The average molecular weight is 323 g/mol. The molecule has 0 radical (unpaired) electrons. The van der Waals surface area contributed by atoms with Crippen LogP contribution in [0.15, 0.2) is 12.1 Å². The topological polar surface area (TPSA) is 38.0 Å². The van der Waals surface area contributed by atoms with E-state index in [1.165, 1.54) is 19.1 Å². The van der Waals surface area contributed by atoms with Gasteiger partial charge in [0.05, 0.1) is 10.7 Å². The summed E-state index contributed by atoms with van der Waals surface area (Å²) in [5.74, 6) is -10.2. The maximum Gasteiger partial charge on any atom is 0.200 e. The Labute approximate surface area is 121 Å². The van der Waals surface area contributed by atoms with E-state index in [0.717, 1.165) is 0 Å². The maximum atomic E-state index is 13.6. The fourth-order valence-electron chi connectivity index (χ4n) is 1.69. The van der Waals surface area contributed by atoms with Crippen LogP contribution in [-0.4, -0.2) is 0 Å². The van der Waals surface area contributed by atoms with E-state index >= 15 is 0 Å². The van der Waals surface area contributed by atoms with E-state index in [4.69, 9.17) is 17.3 Å². The summed E-state index contributed by atoms with van der Waals surface area (Å²) in [6, 6.07) is 2.63. The molecule has 0 fully saturated rings. The summed E-state index contributed by atoms with van der Waals surface area (Å²) in [6.45, 7) is 1.53. The fraction of sp³-hybridized carbons (Fsp3) is 0.0769. The van der Waals surface area contributed by atoms with Crippen molar-refractivity contribution in [1.29, 1.82) is 0 Å². The highest BCUT2D eigenvalue weighted by atomic mass is 35.5. The number of aryl methyl sites for hydroxylation is 1. The van der Waals surface area contributed by atoms with Gasteiger partial charge in [-0.1, -0.05) is 11.6 Å². The van der Waals surface area contributed by atoms with Crippen LogP contribution in [0.1, 0.15) is 5.56 Å². The number of nitrogens with two attached hydrogens (primary N) is 1. The summed E-state index contributed by atoms with van der Waals surface area (Å²) in [7, 11) is 0. The third-order valence-corrected chi connectivity index (χ3v) is 3.14. The van der Waals surface area contributed by atoms with Crippen molar-refractivity contribution in [3.05, 3.63) is 51.8 Å². The summed E-state index contributed by atoms with van der Waals surface area (Å²) in [6.07, 6.45) is 0. The molecule has 0 aliphatic heterocycles. The molecule has 0 saturated heterocycles. The van der Waals surface area contributed by atoms with E-state index in [2.05, 4.69) is 5.32 Å². The predicted molar refractivity (Wildman–Crippen MR) is 70.1 cm³/mol. The fourth-order valence-corrected chi connectivity index (χ4v) is 1.85.